The maximum Gasteiger partial charge on any atom is 0.360 e. The van der Waals surface area contributed by atoms with Crippen LogP contribution in [-0.4, -0.2) is 24.1 Å². The molecule has 4 nitrogen and oxygen atoms in total. The van der Waals surface area contributed by atoms with E-state index in [1.54, 1.807) is 12.4 Å². The van der Waals surface area contributed by atoms with E-state index < -0.39 is 0 Å². The molecule has 0 bridgehead atoms. The topological polar surface area (TPSA) is 51.2 Å². The van der Waals surface area contributed by atoms with Crippen molar-refractivity contribution in [2.45, 2.75) is 34.6 Å². The summed E-state index contributed by atoms with van der Waals surface area (Å²) in [5.74, 6) is 1.42. The number of thiazole rings is 1. The molecule has 0 aliphatic heterocycles. The maximum absolute atomic E-state index is 11.7. The van der Waals surface area contributed by atoms with E-state index >= 15 is 0 Å². The highest BCUT2D eigenvalue weighted by atomic mass is 32.1. The third-order valence-electron chi connectivity index (χ3n) is 3.25. The van der Waals surface area contributed by atoms with Crippen molar-refractivity contribution in [1.29, 1.82) is 0 Å². The summed E-state index contributed by atoms with van der Waals surface area (Å²) in [6.07, 6.45) is 0. The van der Waals surface area contributed by atoms with Crippen LogP contribution in [0.15, 0.2) is 5.51 Å². The van der Waals surface area contributed by atoms with Crippen LogP contribution in [0.4, 0.5) is 5.00 Å². The highest BCUT2D eigenvalue weighted by Gasteiger charge is 2.20. The van der Waals surface area contributed by atoms with Gasteiger partial charge >= 0.3 is 5.97 Å². The summed E-state index contributed by atoms with van der Waals surface area (Å²) in [4.78, 5) is 15.8. The molecule has 0 radical (unpaired) electrons. The second-order valence-electron chi connectivity index (χ2n) is 5.28. The van der Waals surface area contributed by atoms with E-state index in [1.807, 2.05) is 0 Å². The molecule has 108 valence electrons. The van der Waals surface area contributed by atoms with Gasteiger partial charge in [0.15, 0.2) is 5.69 Å². The first-order valence-corrected chi connectivity index (χ1v) is 7.69. The van der Waals surface area contributed by atoms with Gasteiger partial charge in [-0.05, 0) is 24.7 Å². The lowest BCUT2D eigenvalue weighted by Crippen LogP contribution is -2.25. The molecule has 0 unspecified atom stereocenters. The van der Waals surface area contributed by atoms with Crippen molar-refractivity contribution in [3.05, 3.63) is 11.2 Å². The van der Waals surface area contributed by atoms with E-state index in [2.05, 4.69) is 38.0 Å². The fraction of sp³-hybridized carbons (Fsp3) is 0.714. The zero-order valence-corrected chi connectivity index (χ0v) is 13.2. The van der Waals surface area contributed by atoms with Crippen LogP contribution in [0.5, 0.6) is 0 Å². The number of hydrogen-bond donors (Lipinski definition) is 1. The van der Waals surface area contributed by atoms with Gasteiger partial charge in [-0.1, -0.05) is 27.7 Å². The van der Waals surface area contributed by atoms with Crippen molar-refractivity contribution in [2.75, 3.05) is 18.5 Å². The standard InChI is InChI=1S/C14H24N2O2S/c1-6-18-14(17)12-13(19-8-16-12)15-7-11(9(2)3)10(4)5/h8-11,15H,6-7H2,1-5H3. The molecule has 0 saturated heterocycles. The molecule has 0 aliphatic carbocycles. The van der Waals surface area contributed by atoms with Crippen molar-refractivity contribution < 1.29 is 9.53 Å². The number of anilines is 1. The predicted octanol–water partition coefficient (Wildman–Crippen LogP) is 3.66. The van der Waals surface area contributed by atoms with Crippen molar-refractivity contribution in [3.8, 4) is 0 Å². The number of nitrogens with zero attached hydrogens (tertiary/aromatic N) is 1. The molecule has 1 heterocycles. The largest absolute Gasteiger partial charge is 0.461 e. The molecule has 0 aromatic carbocycles. The second-order valence-corrected chi connectivity index (χ2v) is 6.14. The molecule has 5 heteroatoms. The predicted molar refractivity (Wildman–Crippen MR) is 79.7 cm³/mol. The van der Waals surface area contributed by atoms with Gasteiger partial charge in [0.2, 0.25) is 0 Å². The minimum Gasteiger partial charge on any atom is -0.461 e. The molecule has 1 aromatic heterocycles. The van der Waals surface area contributed by atoms with Gasteiger partial charge in [-0.25, -0.2) is 9.78 Å². The van der Waals surface area contributed by atoms with Crippen LogP contribution in [0.3, 0.4) is 0 Å². The van der Waals surface area contributed by atoms with Crippen molar-refractivity contribution in [2.24, 2.45) is 17.8 Å². The third kappa shape index (κ3) is 4.49. The van der Waals surface area contributed by atoms with Gasteiger partial charge in [0.05, 0.1) is 12.1 Å². The molecule has 0 amide bonds. The first-order chi connectivity index (χ1) is 8.97. The number of aromatic nitrogens is 1. The average molecular weight is 284 g/mol. The molecule has 1 aromatic rings. The number of nitrogens with one attached hydrogen (secondary N) is 1. The first-order valence-electron chi connectivity index (χ1n) is 6.81. The Hall–Kier alpha value is -1.10. The molecule has 0 atom stereocenters. The van der Waals surface area contributed by atoms with Crippen LogP contribution in [-0.2, 0) is 4.74 Å². The van der Waals surface area contributed by atoms with Crippen LogP contribution >= 0.6 is 11.3 Å². The van der Waals surface area contributed by atoms with Gasteiger partial charge in [-0.15, -0.1) is 11.3 Å². The Kier molecular flexibility index (Phi) is 6.28. The summed E-state index contributed by atoms with van der Waals surface area (Å²) in [6.45, 7) is 11.9. The summed E-state index contributed by atoms with van der Waals surface area (Å²) in [6, 6.07) is 0. The first kappa shape index (κ1) is 16.0. The molecule has 1 N–H and O–H groups in total. The number of carbonyl (C=O) groups is 1. The minimum absolute atomic E-state index is 0.350. The summed E-state index contributed by atoms with van der Waals surface area (Å²) >= 11 is 1.45. The Morgan fingerprint density at radius 3 is 2.53 bits per heavy atom. The van der Waals surface area contributed by atoms with Crippen LogP contribution < -0.4 is 5.32 Å². The SMILES string of the molecule is CCOC(=O)c1ncsc1NCC(C(C)C)C(C)C. The zero-order valence-electron chi connectivity index (χ0n) is 12.4. The summed E-state index contributed by atoms with van der Waals surface area (Å²) in [7, 11) is 0. The van der Waals surface area contributed by atoms with Crippen LogP contribution in [0, 0.1) is 17.8 Å². The Morgan fingerprint density at radius 1 is 1.37 bits per heavy atom. The van der Waals surface area contributed by atoms with E-state index in [0.29, 0.717) is 30.1 Å². The van der Waals surface area contributed by atoms with Gasteiger partial charge in [0.25, 0.3) is 0 Å². The minimum atomic E-state index is -0.350. The monoisotopic (exact) mass is 284 g/mol. The molecule has 0 fully saturated rings. The highest BCUT2D eigenvalue weighted by Crippen LogP contribution is 2.25. The van der Waals surface area contributed by atoms with E-state index in [0.717, 1.165) is 11.5 Å². The van der Waals surface area contributed by atoms with Gasteiger partial charge < -0.3 is 10.1 Å². The average Bonchev–Trinajstić information content (AvgIpc) is 2.77. The molecule has 19 heavy (non-hydrogen) atoms. The lowest BCUT2D eigenvalue weighted by Gasteiger charge is -2.25. The molecular weight excluding hydrogens is 260 g/mol. The lowest BCUT2D eigenvalue weighted by molar-refractivity contribution is 0.0521. The summed E-state index contributed by atoms with van der Waals surface area (Å²) in [5, 5.41) is 4.16. The molecular formula is C14H24N2O2S. The Labute approximate surface area is 119 Å². The number of ether oxygens (including phenoxy) is 1. The number of rotatable bonds is 7. The number of carbonyl (C=O) groups excluding carboxylic acids is 1. The smallest absolute Gasteiger partial charge is 0.360 e. The molecule has 0 spiro atoms. The van der Waals surface area contributed by atoms with Crippen molar-refractivity contribution in [3.63, 3.8) is 0 Å². The normalized spacial score (nSPS) is 11.4. The Bertz CT molecular complexity index is 394. The third-order valence-corrected chi connectivity index (χ3v) is 4.03. The highest BCUT2D eigenvalue weighted by molar-refractivity contribution is 7.14. The molecule has 0 aliphatic rings. The van der Waals surface area contributed by atoms with Gasteiger partial charge in [0.1, 0.15) is 5.00 Å². The second kappa shape index (κ2) is 7.48. The van der Waals surface area contributed by atoms with Crippen LogP contribution in [0.2, 0.25) is 0 Å². The Balaban J connectivity index is 2.67. The van der Waals surface area contributed by atoms with E-state index in [1.165, 1.54) is 11.3 Å². The van der Waals surface area contributed by atoms with Crippen molar-refractivity contribution >= 4 is 22.3 Å². The summed E-state index contributed by atoms with van der Waals surface area (Å²) < 4.78 is 4.99. The fourth-order valence-electron chi connectivity index (χ4n) is 2.17. The van der Waals surface area contributed by atoms with E-state index in [-0.39, 0.29) is 5.97 Å². The number of hydrogen-bond acceptors (Lipinski definition) is 5. The maximum atomic E-state index is 11.7. The van der Waals surface area contributed by atoms with Crippen molar-refractivity contribution in [1.82, 2.24) is 4.98 Å². The zero-order chi connectivity index (χ0) is 14.4. The van der Waals surface area contributed by atoms with Gasteiger partial charge in [-0.3, -0.25) is 0 Å². The van der Waals surface area contributed by atoms with E-state index in [9.17, 15) is 4.79 Å². The van der Waals surface area contributed by atoms with E-state index in [4.69, 9.17) is 4.74 Å². The lowest BCUT2D eigenvalue weighted by atomic mass is 9.85. The molecule has 1 rings (SSSR count). The summed E-state index contributed by atoms with van der Waals surface area (Å²) in [5.41, 5.74) is 2.08. The fourth-order valence-corrected chi connectivity index (χ4v) is 2.85. The Morgan fingerprint density at radius 2 is 2.00 bits per heavy atom. The quantitative estimate of drug-likeness (QED) is 0.776. The number of esters is 1. The van der Waals surface area contributed by atoms with Crippen LogP contribution in [0.1, 0.15) is 45.1 Å². The van der Waals surface area contributed by atoms with Gasteiger partial charge in [-0.2, -0.15) is 0 Å². The van der Waals surface area contributed by atoms with Crippen LogP contribution in [0.25, 0.3) is 0 Å². The molecule has 0 saturated carbocycles. The van der Waals surface area contributed by atoms with Gasteiger partial charge in [0, 0.05) is 6.54 Å².